The molecule has 0 bridgehead atoms. The van der Waals surface area contributed by atoms with Gasteiger partial charge in [0.15, 0.2) is 0 Å². The summed E-state index contributed by atoms with van der Waals surface area (Å²) in [4.78, 5) is 14.2. The van der Waals surface area contributed by atoms with Crippen molar-refractivity contribution in [3.63, 3.8) is 0 Å². The van der Waals surface area contributed by atoms with E-state index < -0.39 is 5.60 Å². The lowest BCUT2D eigenvalue weighted by atomic mass is 10.00. The summed E-state index contributed by atoms with van der Waals surface area (Å²) in [6, 6.07) is 0.0340. The number of hydrogen-bond donors (Lipinski definition) is 0. The van der Waals surface area contributed by atoms with Crippen LogP contribution in [0.2, 0.25) is 0 Å². The molecule has 0 radical (unpaired) electrons. The third kappa shape index (κ3) is 3.65. The Balaban J connectivity index is 2.21. The van der Waals surface area contributed by atoms with Crippen LogP contribution in [-0.2, 0) is 11.8 Å². The fourth-order valence-corrected chi connectivity index (χ4v) is 3.33. The molecule has 0 aromatic carbocycles. The number of halogens is 1. The minimum atomic E-state index is -0.462. The van der Waals surface area contributed by atoms with Crippen LogP contribution in [-0.4, -0.2) is 32.9 Å². The van der Waals surface area contributed by atoms with Crippen molar-refractivity contribution in [3.05, 3.63) is 15.5 Å². The van der Waals surface area contributed by atoms with Gasteiger partial charge in [-0.25, -0.2) is 4.79 Å². The van der Waals surface area contributed by atoms with E-state index in [4.69, 9.17) is 4.74 Å². The van der Waals surface area contributed by atoms with Crippen molar-refractivity contribution >= 4 is 28.7 Å². The van der Waals surface area contributed by atoms with E-state index in [1.165, 1.54) is 0 Å². The minimum absolute atomic E-state index is 0.0340. The van der Waals surface area contributed by atoms with Crippen LogP contribution in [0, 0.1) is 3.57 Å². The molecule has 20 heavy (non-hydrogen) atoms. The molecule has 2 heterocycles. The number of likely N-dealkylation sites (tertiary alicyclic amines) is 1. The summed E-state index contributed by atoms with van der Waals surface area (Å²) >= 11 is 2.28. The molecular weight excluding hydrogens is 369 g/mol. The Hall–Kier alpha value is -0.790. The largest absolute Gasteiger partial charge is 0.444 e. The van der Waals surface area contributed by atoms with E-state index in [9.17, 15) is 4.79 Å². The van der Waals surface area contributed by atoms with Gasteiger partial charge in [-0.3, -0.25) is 9.58 Å². The molecule has 0 spiro atoms. The van der Waals surface area contributed by atoms with Crippen LogP contribution in [0.5, 0.6) is 0 Å². The number of aryl methyl sites for hydroxylation is 1. The van der Waals surface area contributed by atoms with E-state index in [1.807, 2.05) is 38.9 Å². The number of aromatic nitrogens is 2. The molecule has 1 aliphatic rings. The van der Waals surface area contributed by atoms with Gasteiger partial charge in [-0.1, -0.05) is 0 Å². The second-order valence-electron chi connectivity index (χ2n) is 6.22. The Bertz CT molecular complexity index is 493. The zero-order chi connectivity index (χ0) is 14.9. The van der Waals surface area contributed by atoms with E-state index in [0.717, 1.165) is 35.1 Å². The predicted molar refractivity (Wildman–Crippen MR) is 85.5 cm³/mol. The molecular formula is C14H22IN3O2. The number of hydrogen-bond acceptors (Lipinski definition) is 3. The Labute approximate surface area is 133 Å². The Kier molecular flexibility index (Phi) is 4.61. The second kappa shape index (κ2) is 5.91. The van der Waals surface area contributed by atoms with Crippen molar-refractivity contribution in [2.24, 2.45) is 7.05 Å². The number of nitrogens with zero attached hydrogens (tertiary/aromatic N) is 3. The molecule has 0 N–H and O–H groups in total. The van der Waals surface area contributed by atoms with Crippen molar-refractivity contribution in [2.75, 3.05) is 6.54 Å². The summed E-state index contributed by atoms with van der Waals surface area (Å²) in [6.07, 6.45) is 4.85. The van der Waals surface area contributed by atoms with Gasteiger partial charge in [0.1, 0.15) is 5.60 Å². The fourth-order valence-electron chi connectivity index (χ4n) is 2.46. The van der Waals surface area contributed by atoms with Crippen LogP contribution in [0.3, 0.4) is 0 Å². The van der Waals surface area contributed by atoms with E-state index >= 15 is 0 Å². The third-order valence-electron chi connectivity index (χ3n) is 3.26. The number of rotatable bonds is 1. The minimum Gasteiger partial charge on any atom is -0.444 e. The van der Waals surface area contributed by atoms with Gasteiger partial charge < -0.3 is 4.74 Å². The zero-order valence-corrected chi connectivity index (χ0v) is 14.7. The lowest BCUT2D eigenvalue weighted by molar-refractivity contribution is 0.00885. The molecule has 1 aromatic rings. The van der Waals surface area contributed by atoms with Crippen molar-refractivity contribution in [1.82, 2.24) is 14.7 Å². The van der Waals surface area contributed by atoms with E-state index in [-0.39, 0.29) is 12.1 Å². The molecule has 112 valence electrons. The molecule has 0 saturated carbocycles. The topological polar surface area (TPSA) is 47.4 Å². The summed E-state index contributed by atoms with van der Waals surface area (Å²) in [6.45, 7) is 6.43. The van der Waals surface area contributed by atoms with Gasteiger partial charge >= 0.3 is 6.09 Å². The van der Waals surface area contributed by atoms with Crippen molar-refractivity contribution in [2.45, 2.75) is 51.7 Å². The number of carbonyl (C=O) groups excluding carboxylic acids is 1. The first-order valence-electron chi connectivity index (χ1n) is 6.96. The standard InChI is InChI=1S/C14H22IN3O2/c1-14(2,3)20-13(19)18-8-6-5-7-11(18)12-10(15)9-17(4)16-12/h9,11H,5-8H2,1-4H3. The molecule has 1 aromatic heterocycles. The maximum atomic E-state index is 12.4. The Morgan fingerprint density at radius 3 is 2.70 bits per heavy atom. The van der Waals surface area contributed by atoms with E-state index in [2.05, 4.69) is 27.7 Å². The Morgan fingerprint density at radius 2 is 2.15 bits per heavy atom. The second-order valence-corrected chi connectivity index (χ2v) is 7.38. The first-order valence-corrected chi connectivity index (χ1v) is 8.04. The molecule has 2 rings (SSSR count). The molecule has 1 fully saturated rings. The quantitative estimate of drug-likeness (QED) is 0.689. The number of carbonyl (C=O) groups is 1. The van der Waals surface area contributed by atoms with Crippen molar-refractivity contribution in [1.29, 1.82) is 0 Å². The van der Waals surface area contributed by atoms with Gasteiger partial charge in [0.2, 0.25) is 0 Å². The lowest BCUT2D eigenvalue weighted by Gasteiger charge is -2.36. The van der Waals surface area contributed by atoms with Gasteiger partial charge in [0.05, 0.1) is 15.3 Å². The maximum absolute atomic E-state index is 12.4. The molecule has 1 atom stereocenters. The lowest BCUT2D eigenvalue weighted by Crippen LogP contribution is -2.42. The SMILES string of the molecule is Cn1cc(I)c(C2CCCCN2C(=O)OC(C)(C)C)n1. The number of amides is 1. The van der Waals surface area contributed by atoms with Crippen LogP contribution in [0.25, 0.3) is 0 Å². The molecule has 1 amide bonds. The smallest absolute Gasteiger partial charge is 0.410 e. The van der Waals surface area contributed by atoms with Crippen molar-refractivity contribution in [3.8, 4) is 0 Å². The predicted octanol–water partition coefficient (Wildman–Crippen LogP) is 3.49. The van der Waals surface area contributed by atoms with Crippen LogP contribution in [0.4, 0.5) is 4.79 Å². The average Bonchev–Trinajstić information content (AvgIpc) is 2.66. The highest BCUT2D eigenvalue weighted by atomic mass is 127. The summed E-state index contributed by atoms with van der Waals surface area (Å²) in [5.74, 6) is 0. The van der Waals surface area contributed by atoms with Gasteiger partial charge in [0, 0.05) is 19.8 Å². The van der Waals surface area contributed by atoms with Crippen LogP contribution in [0.15, 0.2) is 6.20 Å². The maximum Gasteiger partial charge on any atom is 0.410 e. The van der Waals surface area contributed by atoms with Crippen LogP contribution in [0.1, 0.15) is 51.8 Å². The van der Waals surface area contributed by atoms with E-state index in [0.29, 0.717) is 0 Å². The molecule has 0 aliphatic carbocycles. The molecule has 1 aliphatic heterocycles. The number of piperidine rings is 1. The summed E-state index contributed by atoms with van der Waals surface area (Å²) in [7, 11) is 1.91. The van der Waals surface area contributed by atoms with Gasteiger partial charge in [0.25, 0.3) is 0 Å². The summed E-state index contributed by atoms with van der Waals surface area (Å²) in [5, 5.41) is 4.52. The van der Waals surface area contributed by atoms with Crippen LogP contribution >= 0.6 is 22.6 Å². The highest BCUT2D eigenvalue weighted by Crippen LogP contribution is 2.33. The van der Waals surface area contributed by atoms with E-state index in [1.54, 1.807) is 4.68 Å². The van der Waals surface area contributed by atoms with Gasteiger partial charge in [-0.15, -0.1) is 0 Å². The Morgan fingerprint density at radius 1 is 1.45 bits per heavy atom. The zero-order valence-electron chi connectivity index (χ0n) is 12.5. The average molecular weight is 391 g/mol. The summed E-state index contributed by atoms with van der Waals surface area (Å²) in [5.41, 5.74) is 0.523. The first kappa shape index (κ1) is 15.6. The number of ether oxygens (including phenoxy) is 1. The molecule has 5 nitrogen and oxygen atoms in total. The van der Waals surface area contributed by atoms with Gasteiger partial charge in [-0.05, 0) is 62.6 Å². The summed E-state index contributed by atoms with van der Waals surface area (Å²) < 4.78 is 8.43. The monoisotopic (exact) mass is 391 g/mol. The molecule has 6 heteroatoms. The first-order chi connectivity index (χ1) is 9.28. The van der Waals surface area contributed by atoms with Crippen LogP contribution < -0.4 is 0 Å². The fraction of sp³-hybridized carbons (Fsp3) is 0.714. The highest BCUT2D eigenvalue weighted by molar-refractivity contribution is 14.1. The van der Waals surface area contributed by atoms with Crippen molar-refractivity contribution < 1.29 is 9.53 Å². The normalized spacial score (nSPS) is 20.1. The highest BCUT2D eigenvalue weighted by Gasteiger charge is 2.33. The molecule has 1 unspecified atom stereocenters. The third-order valence-corrected chi connectivity index (χ3v) is 4.09. The van der Waals surface area contributed by atoms with Gasteiger partial charge in [-0.2, -0.15) is 5.10 Å². The molecule has 1 saturated heterocycles.